The average molecular weight is 269 g/mol. The van der Waals surface area contributed by atoms with Crippen LogP contribution in [0.3, 0.4) is 0 Å². The van der Waals surface area contributed by atoms with E-state index >= 15 is 0 Å². The van der Waals surface area contributed by atoms with Crippen molar-refractivity contribution in [2.75, 3.05) is 7.11 Å². The summed E-state index contributed by atoms with van der Waals surface area (Å²) in [4.78, 5) is 24.4. The molecule has 5 nitrogen and oxygen atoms in total. The molecule has 1 aromatic heterocycles. The molecule has 0 saturated carbocycles. The highest BCUT2D eigenvalue weighted by atomic mass is 19.4. The SMILES string of the molecule is COC(=O)c1c(OC(F)(F)F)cc(CF)[nH]c1=O. The van der Waals surface area contributed by atoms with Gasteiger partial charge in [0, 0.05) is 6.07 Å². The molecule has 1 heterocycles. The van der Waals surface area contributed by atoms with E-state index in [0.717, 1.165) is 7.11 Å². The number of aromatic amines is 1. The van der Waals surface area contributed by atoms with E-state index in [1.54, 1.807) is 0 Å². The summed E-state index contributed by atoms with van der Waals surface area (Å²) in [7, 11) is 0.877. The lowest BCUT2D eigenvalue weighted by molar-refractivity contribution is -0.274. The molecule has 0 bridgehead atoms. The van der Waals surface area contributed by atoms with Crippen LogP contribution in [0.1, 0.15) is 16.1 Å². The monoisotopic (exact) mass is 269 g/mol. The number of carbonyl (C=O) groups is 1. The Morgan fingerprint density at radius 3 is 2.50 bits per heavy atom. The van der Waals surface area contributed by atoms with Crippen molar-refractivity contribution < 1.29 is 31.8 Å². The summed E-state index contributed by atoms with van der Waals surface area (Å²) in [5, 5.41) is 0. The van der Waals surface area contributed by atoms with E-state index in [1.165, 1.54) is 0 Å². The van der Waals surface area contributed by atoms with Gasteiger partial charge >= 0.3 is 12.3 Å². The van der Waals surface area contributed by atoms with Gasteiger partial charge in [0.15, 0.2) is 11.3 Å². The number of aromatic nitrogens is 1. The Bertz CT molecular complexity index is 508. The summed E-state index contributed by atoms with van der Waals surface area (Å²) in [6, 6.07) is 0.571. The quantitative estimate of drug-likeness (QED) is 0.667. The summed E-state index contributed by atoms with van der Waals surface area (Å²) >= 11 is 0. The average Bonchev–Trinajstić information content (AvgIpc) is 2.25. The molecule has 0 fully saturated rings. The lowest BCUT2D eigenvalue weighted by Crippen LogP contribution is -2.26. The second kappa shape index (κ2) is 5.07. The number of alkyl halides is 4. The Morgan fingerprint density at radius 1 is 1.44 bits per heavy atom. The van der Waals surface area contributed by atoms with Crippen LogP contribution in [0.15, 0.2) is 10.9 Å². The predicted molar refractivity (Wildman–Crippen MR) is 49.9 cm³/mol. The molecule has 0 spiro atoms. The van der Waals surface area contributed by atoms with Crippen molar-refractivity contribution in [3.63, 3.8) is 0 Å². The van der Waals surface area contributed by atoms with Gasteiger partial charge in [0.2, 0.25) is 0 Å². The van der Waals surface area contributed by atoms with Gasteiger partial charge in [-0.05, 0) is 0 Å². The molecule has 0 aliphatic carbocycles. The van der Waals surface area contributed by atoms with Crippen molar-refractivity contribution >= 4 is 5.97 Å². The lowest BCUT2D eigenvalue weighted by Gasteiger charge is -2.12. The lowest BCUT2D eigenvalue weighted by atomic mass is 10.2. The van der Waals surface area contributed by atoms with Crippen molar-refractivity contribution in [3.05, 3.63) is 27.7 Å². The third kappa shape index (κ3) is 3.22. The van der Waals surface area contributed by atoms with Crippen LogP contribution in [-0.4, -0.2) is 24.4 Å². The molecule has 1 aromatic rings. The number of H-pyrrole nitrogens is 1. The van der Waals surface area contributed by atoms with Crippen LogP contribution in [0.5, 0.6) is 5.75 Å². The number of hydrogen-bond donors (Lipinski definition) is 1. The standard InChI is InChI=1S/C9H7F4NO4/c1-17-8(16)6-5(18-9(11,12)13)2-4(3-10)14-7(6)15/h2H,3H2,1H3,(H,14,15). The topological polar surface area (TPSA) is 68.4 Å². The highest BCUT2D eigenvalue weighted by Gasteiger charge is 2.34. The van der Waals surface area contributed by atoms with Gasteiger partial charge < -0.3 is 14.5 Å². The number of nitrogens with one attached hydrogen (secondary N) is 1. The molecule has 0 atom stereocenters. The van der Waals surface area contributed by atoms with Crippen molar-refractivity contribution in [1.29, 1.82) is 0 Å². The highest BCUT2D eigenvalue weighted by molar-refractivity contribution is 5.92. The maximum Gasteiger partial charge on any atom is 0.573 e. The van der Waals surface area contributed by atoms with Crippen LogP contribution in [0.25, 0.3) is 0 Å². The van der Waals surface area contributed by atoms with E-state index in [0.29, 0.717) is 6.07 Å². The Morgan fingerprint density at radius 2 is 2.06 bits per heavy atom. The maximum absolute atomic E-state index is 12.3. The fraction of sp³-hybridized carbons (Fsp3) is 0.333. The summed E-state index contributed by atoms with van der Waals surface area (Å²) in [5.74, 6) is -2.42. The summed E-state index contributed by atoms with van der Waals surface area (Å²) < 4.78 is 56.2. The van der Waals surface area contributed by atoms with Gasteiger partial charge in [-0.3, -0.25) is 4.79 Å². The normalized spacial score (nSPS) is 11.2. The molecule has 0 amide bonds. The first-order valence-electron chi connectivity index (χ1n) is 4.44. The Kier molecular flexibility index (Phi) is 3.94. The van der Waals surface area contributed by atoms with Gasteiger partial charge in [0.05, 0.1) is 12.8 Å². The molecule has 9 heteroatoms. The van der Waals surface area contributed by atoms with Crippen molar-refractivity contribution in [3.8, 4) is 5.75 Å². The second-order valence-electron chi connectivity index (χ2n) is 3.04. The molecular formula is C9H7F4NO4. The number of carbonyl (C=O) groups excluding carboxylic acids is 1. The minimum atomic E-state index is -5.12. The molecule has 100 valence electrons. The van der Waals surface area contributed by atoms with Crippen LogP contribution in [-0.2, 0) is 11.4 Å². The molecule has 0 aromatic carbocycles. The predicted octanol–water partition coefficient (Wildman–Crippen LogP) is 1.53. The van der Waals surface area contributed by atoms with E-state index in [4.69, 9.17) is 0 Å². The zero-order chi connectivity index (χ0) is 13.9. The number of hydrogen-bond acceptors (Lipinski definition) is 4. The van der Waals surface area contributed by atoms with E-state index in [9.17, 15) is 27.2 Å². The van der Waals surface area contributed by atoms with E-state index in [-0.39, 0.29) is 0 Å². The van der Waals surface area contributed by atoms with E-state index < -0.39 is 41.6 Å². The van der Waals surface area contributed by atoms with Gasteiger partial charge in [-0.1, -0.05) is 0 Å². The molecule has 0 aliphatic rings. The first-order chi connectivity index (χ1) is 8.28. The zero-order valence-corrected chi connectivity index (χ0v) is 8.93. The van der Waals surface area contributed by atoms with Gasteiger partial charge in [0.1, 0.15) is 6.67 Å². The summed E-state index contributed by atoms with van der Waals surface area (Å²) in [6.07, 6.45) is -5.12. The van der Waals surface area contributed by atoms with Crippen LogP contribution in [0, 0.1) is 0 Å². The van der Waals surface area contributed by atoms with Gasteiger partial charge in [0.25, 0.3) is 5.56 Å². The molecule has 0 aliphatic heterocycles. The molecule has 1 N–H and O–H groups in total. The molecule has 0 unspecified atom stereocenters. The largest absolute Gasteiger partial charge is 0.573 e. The summed E-state index contributed by atoms with van der Waals surface area (Å²) in [6.45, 7) is -1.22. The number of ether oxygens (including phenoxy) is 2. The molecular weight excluding hydrogens is 262 g/mol. The number of halogens is 4. The minimum absolute atomic E-state index is 0.452. The van der Waals surface area contributed by atoms with Gasteiger partial charge in [-0.15, -0.1) is 13.2 Å². The van der Waals surface area contributed by atoms with Crippen LogP contribution in [0.4, 0.5) is 17.6 Å². The smallest absolute Gasteiger partial charge is 0.465 e. The fourth-order valence-corrected chi connectivity index (χ4v) is 1.16. The number of esters is 1. The first kappa shape index (κ1) is 14.0. The summed E-state index contributed by atoms with van der Waals surface area (Å²) in [5.41, 5.74) is -2.66. The van der Waals surface area contributed by atoms with Crippen LogP contribution < -0.4 is 10.3 Å². The minimum Gasteiger partial charge on any atom is -0.465 e. The Hall–Kier alpha value is -2.06. The first-order valence-corrected chi connectivity index (χ1v) is 4.44. The number of rotatable bonds is 3. The van der Waals surface area contributed by atoms with E-state index in [2.05, 4.69) is 9.47 Å². The molecule has 18 heavy (non-hydrogen) atoms. The van der Waals surface area contributed by atoms with E-state index in [1.807, 2.05) is 4.98 Å². The fourth-order valence-electron chi connectivity index (χ4n) is 1.16. The highest BCUT2D eigenvalue weighted by Crippen LogP contribution is 2.25. The maximum atomic E-state index is 12.3. The molecule has 0 radical (unpaired) electrons. The van der Waals surface area contributed by atoms with Crippen molar-refractivity contribution in [2.24, 2.45) is 0 Å². The van der Waals surface area contributed by atoms with Crippen molar-refractivity contribution in [1.82, 2.24) is 4.98 Å². The Labute approximate surface area is 97.3 Å². The third-order valence-electron chi connectivity index (χ3n) is 1.81. The van der Waals surface area contributed by atoms with Gasteiger partial charge in [-0.2, -0.15) is 0 Å². The molecule has 1 rings (SSSR count). The number of pyridine rings is 1. The van der Waals surface area contributed by atoms with Crippen molar-refractivity contribution in [2.45, 2.75) is 13.0 Å². The number of methoxy groups -OCH3 is 1. The zero-order valence-electron chi connectivity index (χ0n) is 8.93. The third-order valence-corrected chi connectivity index (χ3v) is 1.81. The Balaban J connectivity index is 3.39. The van der Waals surface area contributed by atoms with Crippen LogP contribution in [0.2, 0.25) is 0 Å². The van der Waals surface area contributed by atoms with Crippen LogP contribution >= 0.6 is 0 Å². The second-order valence-corrected chi connectivity index (χ2v) is 3.04. The van der Waals surface area contributed by atoms with Gasteiger partial charge in [-0.25, -0.2) is 9.18 Å². The molecule has 0 saturated heterocycles.